The molecule has 0 unspecified atom stereocenters. The normalized spacial score (nSPS) is 15.1. The van der Waals surface area contributed by atoms with Crippen LogP contribution < -0.4 is 9.75 Å². The van der Waals surface area contributed by atoms with Gasteiger partial charge in [-0.3, -0.25) is 14.9 Å². The molecule has 0 spiro atoms. The van der Waals surface area contributed by atoms with Crippen molar-refractivity contribution < 1.29 is 19.6 Å². The third-order valence-corrected chi connectivity index (χ3v) is 4.22. The molecular formula is C20H19N3O5. The summed E-state index contributed by atoms with van der Waals surface area (Å²) >= 11 is 0. The fraction of sp³-hybridized carbons (Fsp3) is 0.200. The van der Waals surface area contributed by atoms with Crippen LogP contribution >= 0.6 is 0 Å². The number of aryl methyl sites for hydroxylation is 1. The van der Waals surface area contributed by atoms with Crippen LogP contribution in [0.2, 0.25) is 0 Å². The topological polar surface area (TPSA) is 105 Å². The first-order chi connectivity index (χ1) is 13.3. The van der Waals surface area contributed by atoms with Crippen molar-refractivity contribution in [3.8, 4) is 11.5 Å². The molecule has 0 fully saturated rings. The van der Waals surface area contributed by atoms with Gasteiger partial charge < -0.3 is 9.84 Å². The van der Waals surface area contributed by atoms with Crippen LogP contribution in [-0.4, -0.2) is 28.3 Å². The smallest absolute Gasteiger partial charge is 0.322 e. The average molecular weight is 381 g/mol. The summed E-state index contributed by atoms with van der Waals surface area (Å²) in [6, 6.07) is 10.00. The second-order valence-corrected chi connectivity index (χ2v) is 6.24. The quantitative estimate of drug-likeness (QED) is 0.482. The number of hydrogen-bond acceptors (Lipinski definition) is 6. The van der Waals surface area contributed by atoms with Gasteiger partial charge in [-0.1, -0.05) is 12.1 Å². The van der Waals surface area contributed by atoms with Crippen LogP contribution in [0.4, 0.5) is 11.4 Å². The summed E-state index contributed by atoms with van der Waals surface area (Å²) in [7, 11) is 0. The average Bonchev–Trinajstić information content (AvgIpc) is 2.92. The highest BCUT2D eigenvalue weighted by Crippen LogP contribution is 2.40. The third kappa shape index (κ3) is 3.44. The molecule has 1 heterocycles. The van der Waals surface area contributed by atoms with Crippen molar-refractivity contribution in [3.05, 3.63) is 63.2 Å². The molecule has 0 radical (unpaired) electrons. The summed E-state index contributed by atoms with van der Waals surface area (Å²) in [6.07, 6.45) is 1.40. The molecule has 0 saturated heterocycles. The first kappa shape index (κ1) is 19.1. The Morgan fingerprint density at radius 1 is 1.29 bits per heavy atom. The number of hydrazone groups is 1. The maximum Gasteiger partial charge on any atom is 0.322 e. The van der Waals surface area contributed by atoms with E-state index in [4.69, 9.17) is 4.74 Å². The van der Waals surface area contributed by atoms with Crippen molar-refractivity contribution in [1.82, 2.24) is 0 Å². The standard InChI is InChI=1S/C20H19N3O5/c1-4-28-19-17(24)9-8-14(18(19)23(26)27)11-16-13(3)21-22(20(16)25)15-7-5-6-12(2)10-15/h5-11,24H,4H2,1-3H3/b16-11-. The van der Waals surface area contributed by atoms with E-state index < -0.39 is 10.6 Å². The Labute approximate surface area is 161 Å². The molecule has 1 N–H and O–H groups in total. The molecule has 1 aliphatic heterocycles. The van der Waals surface area contributed by atoms with E-state index >= 15 is 0 Å². The number of benzene rings is 2. The lowest BCUT2D eigenvalue weighted by atomic mass is 10.0. The molecule has 2 aromatic rings. The molecule has 2 aromatic carbocycles. The van der Waals surface area contributed by atoms with Gasteiger partial charge in [-0.15, -0.1) is 0 Å². The second-order valence-electron chi connectivity index (χ2n) is 6.24. The van der Waals surface area contributed by atoms with Crippen molar-refractivity contribution >= 4 is 29.1 Å². The number of anilines is 1. The Hall–Kier alpha value is -3.68. The SMILES string of the molecule is CCOc1c(O)ccc(/C=C2\C(=O)N(c3cccc(C)c3)N=C2C)c1[N+](=O)[O-]. The van der Waals surface area contributed by atoms with E-state index in [0.29, 0.717) is 11.4 Å². The number of nitro groups is 1. The van der Waals surface area contributed by atoms with Crippen LogP contribution in [0.25, 0.3) is 6.08 Å². The third-order valence-electron chi connectivity index (χ3n) is 4.22. The van der Waals surface area contributed by atoms with Crippen LogP contribution in [0.15, 0.2) is 47.1 Å². The van der Waals surface area contributed by atoms with E-state index in [1.807, 2.05) is 25.1 Å². The van der Waals surface area contributed by atoms with E-state index in [1.165, 1.54) is 23.2 Å². The number of carbonyl (C=O) groups excluding carboxylic acids is 1. The number of hydrogen-bond donors (Lipinski definition) is 1. The minimum atomic E-state index is -0.638. The van der Waals surface area contributed by atoms with Gasteiger partial charge in [0.1, 0.15) is 0 Å². The zero-order chi connectivity index (χ0) is 20.4. The Kier molecular flexibility index (Phi) is 5.12. The number of carbonyl (C=O) groups is 1. The summed E-state index contributed by atoms with van der Waals surface area (Å²) in [5.74, 6) is -0.943. The maximum absolute atomic E-state index is 12.9. The van der Waals surface area contributed by atoms with Gasteiger partial charge in [0.2, 0.25) is 5.75 Å². The fourth-order valence-electron chi connectivity index (χ4n) is 2.94. The minimum Gasteiger partial charge on any atom is -0.504 e. The lowest BCUT2D eigenvalue weighted by molar-refractivity contribution is -0.386. The molecule has 8 heteroatoms. The molecule has 1 aliphatic rings. The Balaban J connectivity index is 2.07. The monoisotopic (exact) mass is 381 g/mol. The molecular weight excluding hydrogens is 362 g/mol. The molecule has 0 bridgehead atoms. The molecule has 8 nitrogen and oxygen atoms in total. The van der Waals surface area contributed by atoms with Crippen LogP contribution in [-0.2, 0) is 4.79 Å². The number of ether oxygens (including phenoxy) is 1. The highest BCUT2D eigenvalue weighted by Gasteiger charge is 2.31. The summed E-state index contributed by atoms with van der Waals surface area (Å²) in [6.45, 7) is 5.38. The van der Waals surface area contributed by atoms with Crippen LogP contribution in [0, 0.1) is 17.0 Å². The molecule has 0 atom stereocenters. The summed E-state index contributed by atoms with van der Waals surface area (Å²) < 4.78 is 5.25. The number of amides is 1. The van der Waals surface area contributed by atoms with E-state index in [-0.39, 0.29) is 35.1 Å². The largest absolute Gasteiger partial charge is 0.504 e. The van der Waals surface area contributed by atoms with Gasteiger partial charge in [0.15, 0.2) is 5.75 Å². The van der Waals surface area contributed by atoms with Gasteiger partial charge in [0.25, 0.3) is 5.91 Å². The Morgan fingerprint density at radius 2 is 2.04 bits per heavy atom. The summed E-state index contributed by atoms with van der Waals surface area (Å²) in [5.41, 5.74) is 2.01. The molecule has 0 aliphatic carbocycles. The van der Waals surface area contributed by atoms with Crippen LogP contribution in [0.5, 0.6) is 11.5 Å². The molecule has 28 heavy (non-hydrogen) atoms. The van der Waals surface area contributed by atoms with Gasteiger partial charge >= 0.3 is 5.69 Å². The second kappa shape index (κ2) is 7.51. The van der Waals surface area contributed by atoms with Crippen molar-refractivity contribution in [2.24, 2.45) is 5.10 Å². The molecule has 3 rings (SSSR count). The Morgan fingerprint density at radius 3 is 2.68 bits per heavy atom. The fourth-order valence-corrected chi connectivity index (χ4v) is 2.94. The van der Waals surface area contributed by atoms with Crippen LogP contribution in [0.1, 0.15) is 25.0 Å². The molecule has 0 saturated carbocycles. The zero-order valence-electron chi connectivity index (χ0n) is 15.7. The number of nitro benzene ring substituents is 1. The van der Waals surface area contributed by atoms with E-state index in [0.717, 1.165) is 5.56 Å². The maximum atomic E-state index is 12.9. The predicted octanol–water partition coefficient (Wildman–Crippen LogP) is 3.81. The van der Waals surface area contributed by atoms with Gasteiger partial charge in [0, 0.05) is 0 Å². The number of phenols is 1. The summed E-state index contributed by atoms with van der Waals surface area (Å²) in [5, 5.41) is 27.1. The highest BCUT2D eigenvalue weighted by atomic mass is 16.6. The van der Waals surface area contributed by atoms with Crippen molar-refractivity contribution in [2.45, 2.75) is 20.8 Å². The van der Waals surface area contributed by atoms with Gasteiger partial charge in [-0.2, -0.15) is 10.1 Å². The van der Waals surface area contributed by atoms with E-state index in [2.05, 4.69) is 5.10 Å². The zero-order valence-corrected chi connectivity index (χ0v) is 15.7. The first-order valence-electron chi connectivity index (χ1n) is 8.65. The lowest BCUT2D eigenvalue weighted by Gasteiger charge is -2.12. The van der Waals surface area contributed by atoms with Gasteiger partial charge in [-0.05, 0) is 56.7 Å². The van der Waals surface area contributed by atoms with E-state index in [9.17, 15) is 20.0 Å². The van der Waals surface area contributed by atoms with Crippen LogP contribution in [0.3, 0.4) is 0 Å². The van der Waals surface area contributed by atoms with Crippen molar-refractivity contribution in [1.29, 1.82) is 0 Å². The number of aromatic hydroxyl groups is 1. The van der Waals surface area contributed by atoms with Crippen molar-refractivity contribution in [3.63, 3.8) is 0 Å². The molecule has 1 amide bonds. The Bertz CT molecular complexity index is 1030. The number of rotatable bonds is 5. The number of nitrogens with zero attached hydrogens (tertiary/aromatic N) is 3. The van der Waals surface area contributed by atoms with Crippen molar-refractivity contribution in [2.75, 3.05) is 11.6 Å². The van der Waals surface area contributed by atoms with Gasteiger partial charge in [-0.25, -0.2) is 0 Å². The molecule has 144 valence electrons. The lowest BCUT2D eigenvalue weighted by Crippen LogP contribution is -2.21. The summed E-state index contributed by atoms with van der Waals surface area (Å²) in [4.78, 5) is 23.8. The van der Waals surface area contributed by atoms with E-state index in [1.54, 1.807) is 19.9 Å². The molecule has 0 aromatic heterocycles. The highest BCUT2D eigenvalue weighted by molar-refractivity contribution is 6.32. The first-order valence-corrected chi connectivity index (χ1v) is 8.65. The predicted molar refractivity (Wildman–Crippen MR) is 106 cm³/mol. The van der Waals surface area contributed by atoms with Gasteiger partial charge in [0.05, 0.1) is 34.1 Å². The minimum absolute atomic E-state index is 0.148. The number of phenolic OH excluding ortho intramolecular Hbond substituents is 1.